The highest BCUT2D eigenvalue weighted by Gasteiger charge is 2.29. The van der Waals surface area contributed by atoms with Crippen LogP contribution in [0.1, 0.15) is 15.9 Å². The maximum atomic E-state index is 12.6. The van der Waals surface area contributed by atoms with Gasteiger partial charge in [-0.1, -0.05) is 36.4 Å². The summed E-state index contributed by atoms with van der Waals surface area (Å²) < 4.78 is 0. The average molecular weight is 274 g/mol. The molecule has 3 heteroatoms. The lowest BCUT2D eigenvalue weighted by Gasteiger charge is -2.16. The zero-order chi connectivity index (χ0) is 14.4. The van der Waals surface area contributed by atoms with E-state index in [1.807, 2.05) is 42.5 Å². The molecule has 1 aliphatic rings. The summed E-state index contributed by atoms with van der Waals surface area (Å²) in [6.45, 7) is 0.541. The van der Waals surface area contributed by atoms with Crippen molar-refractivity contribution in [3.63, 3.8) is 0 Å². The Morgan fingerprint density at radius 3 is 2.52 bits per heavy atom. The summed E-state index contributed by atoms with van der Waals surface area (Å²) >= 11 is 0. The number of carbonyl (C=O) groups is 1. The number of amides is 1. The quantitative estimate of drug-likeness (QED) is 0.689. The molecule has 0 saturated carbocycles. The zero-order valence-corrected chi connectivity index (χ0v) is 11.4. The lowest BCUT2D eigenvalue weighted by Crippen LogP contribution is -2.22. The van der Waals surface area contributed by atoms with Gasteiger partial charge in [0.1, 0.15) is 0 Å². The third-order valence-corrected chi connectivity index (χ3v) is 4.05. The summed E-state index contributed by atoms with van der Waals surface area (Å²) in [7, 11) is 0. The molecule has 0 bridgehead atoms. The summed E-state index contributed by atoms with van der Waals surface area (Å²) in [4.78, 5) is 14.3. The van der Waals surface area contributed by atoms with Crippen molar-refractivity contribution in [1.82, 2.24) is 0 Å². The number of nitrogens with two attached hydrogens (primary N) is 1. The summed E-state index contributed by atoms with van der Waals surface area (Å²) in [5.41, 5.74) is 9.22. The van der Waals surface area contributed by atoms with Crippen LogP contribution in [0.25, 0.3) is 10.8 Å². The van der Waals surface area contributed by atoms with Crippen molar-refractivity contribution in [3.05, 3.63) is 71.8 Å². The number of carbonyl (C=O) groups excluding carboxylic acids is 1. The van der Waals surface area contributed by atoms with Crippen molar-refractivity contribution >= 4 is 28.1 Å². The predicted molar refractivity (Wildman–Crippen MR) is 85.3 cm³/mol. The van der Waals surface area contributed by atoms with Gasteiger partial charge in [-0.15, -0.1) is 0 Å². The zero-order valence-electron chi connectivity index (χ0n) is 11.4. The third-order valence-electron chi connectivity index (χ3n) is 4.05. The molecule has 3 nitrogen and oxygen atoms in total. The van der Waals surface area contributed by atoms with Crippen LogP contribution in [0.3, 0.4) is 0 Å². The minimum absolute atomic E-state index is 0.0209. The molecule has 0 saturated heterocycles. The van der Waals surface area contributed by atoms with Gasteiger partial charge in [0, 0.05) is 22.5 Å². The molecule has 1 aliphatic heterocycles. The van der Waals surface area contributed by atoms with Gasteiger partial charge < -0.3 is 10.6 Å². The van der Waals surface area contributed by atoms with Gasteiger partial charge in [0.05, 0.1) is 6.54 Å². The van der Waals surface area contributed by atoms with E-state index in [-0.39, 0.29) is 5.91 Å². The molecule has 0 radical (unpaired) electrons. The van der Waals surface area contributed by atoms with Crippen LogP contribution in [0.2, 0.25) is 0 Å². The van der Waals surface area contributed by atoms with Crippen LogP contribution in [-0.2, 0) is 6.54 Å². The molecular formula is C18H14N2O. The van der Waals surface area contributed by atoms with Gasteiger partial charge >= 0.3 is 0 Å². The Morgan fingerprint density at radius 1 is 0.905 bits per heavy atom. The summed E-state index contributed by atoms with van der Waals surface area (Å²) in [5, 5.41) is 2.30. The minimum atomic E-state index is 0.0209. The van der Waals surface area contributed by atoms with Gasteiger partial charge in [0.25, 0.3) is 5.91 Å². The van der Waals surface area contributed by atoms with E-state index in [9.17, 15) is 4.79 Å². The van der Waals surface area contributed by atoms with Crippen molar-refractivity contribution in [2.24, 2.45) is 0 Å². The number of anilines is 2. The predicted octanol–water partition coefficient (Wildman–Crippen LogP) is 3.58. The van der Waals surface area contributed by atoms with Crippen molar-refractivity contribution in [2.45, 2.75) is 6.54 Å². The monoisotopic (exact) mass is 274 g/mol. The molecule has 0 aliphatic carbocycles. The van der Waals surface area contributed by atoms with Crippen LogP contribution in [0.15, 0.2) is 60.7 Å². The smallest absolute Gasteiger partial charge is 0.259 e. The topological polar surface area (TPSA) is 46.3 Å². The normalized spacial score (nSPS) is 13.7. The van der Waals surface area contributed by atoms with Gasteiger partial charge in [-0.3, -0.25) is 4.79 Å². The number of rotatable bonds is 1. The first kappa shape index (κ1) is 12.0. The van der Waals surface area contributed by atoms with Crippen LogP contribution in [0.5, 0.6) is 0 Å². The Kier molecular flexibility index (Phi) is 2.48. The Hall–Kier alpha value is -2.81. The lowest BCUT2D eigenvalue weighted by atomic mass is 10.1. The number of hydrogen-bond donors (Lipinski definition) is 1. The molecule has 21 heavy (non-hydrogen) atoms. The van der Waals surface area contributed by atoms with E-state index in [2.05, 4.69) is 18.2 Å². The Bertz CT molecular complexity index is 870. The Morgan fingerprint density at radius 2 is 1.71 bits per heavy atom. The fraction of sp³-hybridized carbons (Fsp3) is 0.0556. The first-order chi connectivity index (χ1) is 10.2. The van der Waals surface area contributed by atoms with Gasteiger partial charge in [-0.2, -0.15) is 0 Å². The first-order valence-corrected chi connectivity index (χ1v) is 6.92. The highest BCUT2D eigenvalue weighted by atomic mass is 16.2. The molecule has 2 N–H and O–H groups in total. The second-order valence-electron chi connectivity index (χ2n) is 5.30. The number of benzene rings is 3. The van der Waals surface area contributed by atoms with Crippen LogP contribution in [0, 0.1) is 0 Å². The first-order valence-electron chi connectivity index (χ1n) is 6.92. The van der Waals surface area contributed by atoms with Crippen molar-refractivity contribution < 1.29 is 4.79 Å². The fourth-order valence-corrected chi connectivity index (χ4v) is 2.91. The third kappa shape index (κ3) is 1.78. The summed E-state index contributed by atoms with van der Waals surface area (Å²) in [5.74, 6) is 0.0209. The largest absolute Gasteiger partial charge is 0.398 e. The Balaban J connectivity index is 1.80. The van der Waals surface area contributed by atoms with E-state index in [0.29, 0.717) is 17.8 Å². The van der Waals surface area contributed by atoms with Crippen LogP contribution in [-0.4, -0.2) is 5.91 Å². The standard InChI is InChI=1S/C18H14N2O/c19-17-7-3-6-15-16(17)11-20(18(15)21)14-9-8-12-4-1-2-5-13(12)10-14/h1-10H,11,19H2. The SMILES string of the molecule is Nc1cccc2c1CN(c1ccc3ccccc3c1)C2=O. The molecule has 1 amide bonds. The molecule has 0 unspecified atom stereocenters. The maximum Gasteiger partial charge on any atom is 0.259 e. The molecule has 3 aromatic carbocycles. The summed E-state index contributed by atoms with van der Waals surface area (Å²) in [6.07, 6.45) is 0. The molecular weight excluding hydrogens is 260 g/mol. The molecule has 3 aromatic rings. The van der Waals surface area contributed by atoms with Crippen molar-refractivity contribution in [1.29, 1.82) is 0 Å². The minimum Gasteiger partial charge on any atom is -0.398 e. The molecule has 0 spiro atoms. The summed E-state index contributed by atoms with van der Waals surface area (Å²) in [6, 6.07) is 19.7. The van der Waals surface area contributed by atoms with Crippen LogP contribution in [0.4, 0.5) is 11.4 Å². The van der Waals surface area contributed by atoms with E-state index in [1.165, 1.54) is 5.39 Å². The molecule has 102 valence electrons. The van der Waals surface area contributed by atoms with Gasteiger partial charge in [0.15, 0.2) is 0 Å². The average Bonchev–Trinajstić information content (AvgIpc) is 2.86. The number of nitrogens with zero attached hydrogens (tertiary/aromatic N) is 1. The van der Waals surface area contributed by atoms with Crippen LogP contribution >= 0.6 is 0 Å². The van der Waals surface area contributed by atoms with E-state index >= 15 is 0 Å². The fourth-order valence-electron chi connectivity index (χ4n) is 2.91. The van der Waals surface area contributed by atoms with E-state index in [0.717, 1.165) is 16.6 Å². The second-order valence-corrected chi connectivity index (χ2v) is 5.30. The molecule has 0 aromatic heterocycles. The van der Waals surface area contributed by atoms with Crippen molar-refractivity contribution in [2.75, 3.05) is 10.6 Å². The Labute approximate surface area is 122 Å². The van der Waals surface area contributed by atoms with Gasteiger partial charge in [-0.25, -0.2) is 0 Å². The maximum absolute atomic E-state index is 12.6. The second kappa shape index (κ2) is 4.35. The molecule has 0 atom stereocenters. The lowest BCUT2D eigenvalue weighted by molar-refractivity contribution is 0.0996. The number of fused-ring (bicyclic) bond motifs is 2. The number of hydrogen-bond acceptors (Lipinski definition) is 2. The molecule has 4 rings (SSSR count). The highest BCUT2D eigenvalue weighted by Crippen LogP contribution is 2.32. The highest BCUT2D eigenvalue weighted by molar-refractivity contribution is 6.11. The van der Waals surface area contributed by atoms with Gasteiger partial charge in [-0.05, 0) is 35.0 Å². The van der Waals surface area contributed by atoms with E-state index < -0.39 is 0 Å². The van der Waals surface area contributed by atoms with Gasteiger partial charge in [0.2, 0.25) is 0 Å². The molecule has 1 heterocycles. The van der Waals surface area contributed by atoms with E-state index in [4.69, 9.17) is 5.73 Å². The van der Waals surface area contributed by atoms with E-state index in [1.54, 1.807) is 4.90 Å². The molecule has 0 fully saturated rings. The van der Waals surface area contributed by atoms with Crippen LogP contribution < -0.4 is 10.6 Å². The van der Waals surface area contributed by atoms with Crippen molar-refractivity contribution in [3.8, 4) is 0 Å². The number of nitrogen functional groups attached to an aromatic ring is 1.